The van der Waals surface area contributed by atoms with Gasteiger partial charge in [-0.3, -0.25) is 9.78 Å². The Balaban J connectivity index is 1.59. The number of methoxy groups -OCH3 is 1. The Hall–Kier alpha value is -2.36. The minimum absolute atomic E-state index is 0.0539. The van der Waals surface area contributed by atoms with Gasteiger partial charge < -0.3 is 10.1 Å². The Kier molecular flexibility index (Phi) is 6.64. The summed E-state index contributed by atoms with van der Waals surface area (Å²) in [5.74, 6) is 1.38. The molecular formula is C22H28N2O2. The predicted molar refractivity (Wildman–Crippen MR) is 103 cm³/mol. The van der Waals surface area contributed by atoms with E-state index in [1.165, 1.54) is 18.4 Å². The Bertz CT molecular complexity index is 679. The van der Waals surface area contributed by atoms with Crippen LogP contribution in [0.4, 0.5) is 0 Å². The lowest BCUT2D eigenvalue weighted by Gasteiger charge is -2.23. The average Bonchev–Trinajstić information content (AvgIpc) is 3.21. The van der Waals surface area contributed by atoms with Crippen LogP contribution >= 0.6 is 0 Å². The van der Waals surface area contributed by atoms with E-state index in [1.54, 1.807) is 13.3 Å². The SMILES string of the molecule is COc1ccc(C(C(=O)NCCCc2cccnc2)C2CCCC2)cc1. The minimum atomic E-state index is -0.0539. The summed E-state index contributed by atoms with van der Waals surface area (Å²) in [6, 6.07) is 12.0. The lowest BCUT2D eigenvalue weighted by Crippen LogP contribution is -2.33. The van der Waals surface area contributed by atoms with Crippen LogP contribution in [0.15, 0.2) is 48.8 Å². The van der Waals surface area contributed by atoms with Crippen LogP contribution < -0.4 is 10.1 Å². The highest BCUT2D eigenvalue weighted by atomic mass is 16.5. The van der Waals surface area contributed by atoms with Crippen LogP contribution in [-0.4, -0.2) is 24.5 Å². The van der Waals surface area contributed by atoms with Crippen LogP contribution in [0.25, 0.3) is 0 Å². The summed E-state index contributed by atoms with van der Waals surface area (Å²) >= 11 is 0. The van der Waals surface area contributed by atoms with Crippen molar-refractivity contribution in [2.75, 3.05) is 13.7 Å². The highest BCUT2D eigenvalue weighted by Crippen LogP contribution is 2.38. The number of carbonyl (C=O) groups excluding carboxylic acids is 1. The third-order valence-electron chi connectivity index (χ3n) is 5.29. The van der Waals surface area contributed by atoms with E-state index >= 15 is 0 Å². The van der Waals surface area contributed by atoms with Gasteiger partial charge in [-0.05, 0) is 60.9 Å². The molecule has 1 aromatic carbocycles. The summed E-state index contributed by atoms with van der Waals surface area (Å²) in [5.41, 5.74) is 2.31. The van der Waals surface area contributed by atoms with E-state index in [0.29, 0.717) is 12.5 Å². The van der Waals surface area contributed by atoms with Crippen LogP contribution in [0, 0.1) is 5.92 Å². The maximum Gasteiger partial charge on any atom is 0.227 e. The van der Waals surface area contributed by atoms with E-state index < -0.39 is 0 Å². The molecule has 3 rings (SSSR count). The zero-order valence-electron chi connectivity index (χ0n) is 15.5. The molecule has 0 spiro atoms. The molecule has 4 nitrogen and oxygen atoms in total. The highest BCUT2D eigenvalue weighted by molar-refractivity contribution is 5.84. The molecule has 1 N–H and O–H groups in total. The van der Waals surface area contributed by atoms with Gasteiger partial charge in [0.25, 0.3) is 0 Å². The Morgan fingerprint density at radius 1 is 1.23 bits per heavy atom. The first-order valence-electron chi connectivity index (χ1n) is 9.58. The first-order valence-corrected chi connectivity index (χ1v) is 9.58. The van der Waals surface area contributed by atoms with Crippen molar-refractivity contribution in [3.8, 4) is 5.75 Å². The predicted octanol–water partition coefficient (Wildman–Crippen LogP) is 4.11. The van der Waals surface area contributed by atoms with E-state index in [9.17, 15) is 4.79 Å². The summed E-state index contributed by atoms with van der Waals surface area (Å²) in [5, 5.41) is 3.17. The van der Waals surface area contributed by atoms with Gasteiger partial charge >= 0.3 is 0 Å². The molecule has 26 heavy (non-hydrogen) atoms. The first-order chi connectivity index (χ1) is 12.8. The van der Waals surface area contributed by atoms with Crippen LogP contribution in [0.3, 0.4) is 0 Å². The molecule has 1 unspecified atom stereocenters. The fraction of sp³-hybridized carbons (Fsp3) is 0.455. The second kappa shape index (κ2) is 9.37. The van der Waals surface area contributed by atoms with Gasteiger partial charge in [-0.1, -0.05) is 31.0 Å². The molecule has 0 aliphatic heterocycles. The Morgan fingerprint density at radius 3 is 2.65 bits per heavy atom. The standard InChI is InChI=1S/C22H28N2O2/c1-26-20-12-10-19(11-13-20)21(18-8-2-3-9-18)22(25)24-15-5-7-17-6-4-14-23-16-17/h4,6,10-14,16,18,21H,2-3,5,7-9,15H2,1H3,(H,24,25). The summed E-state index contributed by atoms with van der Waals surface area (Å²) in [4.78, 5) is 17.1. The molecule has 4 heteroatoms. The fourth-order valence-corrected chi connectivity index (χ4v) is 3.90. The van der Waals surface area contributed by atoms with Crippen molar-refractivity contribution in [1.82, 2.24) is 10.3 Å². The third-order valence-corrected chi connectivity index (χ3v) is 5.29. The molecule has 1 fully saturated rings. The van der Waals surface area contributed by atoms with Crippen molar-refractivity contribution in [3.63, 3.8) is 0 Å². The largest absolute Gasteiger partial charge is 0.497 e. The Morgan fingerprint density at radius 2 is 2.00 bits per heavy atom. The van der Waals surface area contributed by atoms with Crippen LogP contribution in [0.2, 0.25) is 0 Å². The van der Waals surface area contributed by atoms with Gasteiger partial charge in [0.1, 0.15) is 5.75 Å². The number of benzene rings is 1. The molecule has 0 radical (unpaired) electrons. The molecule has 1 atom stereocenters. The maximum atomic E-state index is 12.9. The van der Waals surface area contributed by atoms with Gasteiger partial charge in [0.2, 0.25) is 5.91 Å². The number of hydrogen-bond donors (Lipinski definition) is 1. The molecule has 1 amide bonds. The second-order valence-electron chi connectivity index (χ2n) is 7.05. The zero-order valence-corrected chi connectivity index (χ0v) is 15.5. The average molecular weight is 352 g/mol. The smallest absolute Gasteiger partial charge is 0.227 e. The van der Waals surface area contributed by atoms with Crippen molar-refractivity contribution >= 4 is 5.91 Å². The Labute approximate surface area is 156 Å². The topological polar surface area (TPSA) is 51.2 Å². The maximum absolute atomic E-state index is 12.9. The highest BCUT2D eigenvalue weighted by Gasteiger charge is 2.31. The van der Waals surface area contributed by atoms with Crippen LogP contribution in [0.5, 0.6) is 5.75 Å². The van der Waals surface area contributed by atoms with Crippen molar-refractivity contribution < 1.29 is 9.53 Å². The molecule has 1 aliphatic carbocycles. The molecule has 2 aromatic rings. The van der Waals surface area contributed by atoms with E-state index in [2.05, 4.69) is 16.4 Å². The summed E-state index contributed by atoms with van der Waals surface area (Å²) in [7, 11) is 1.67. The van der Waals surface area contributed by atoms with Gasteiger partial charge in [-0.15, -0.1) is 0 Å². The number of amides is 1. The molecule has 0 saturated heterocycles. The monoisotopic (exact) mass is 352 g/mol. The van der Waals surface area contributed by atoms with Crippen LogP contribution in [-0.2, 0) is 11.2 Å². The molecular weight excluding hydrogens is 324 g/mol. The third kappa shape index (κ3) is 4.84. The van der Waals surface area contributed by atoms with E-state index in [4.69, 9.17) is 4.74 Å². The quantitative estimate of drug-likeness (QED) is 0.727. The van der Waals surface area contributed by atoms with Crippen molar-refractivity contribution in [2.45, 2.75) is 44.4 Å². The first kappa shape index (κ1) is 18.4. The summed E-state index contributed by atoms with van der Waals surface area (Å²) in [6.07, 6.45) is 10.3. The summed E-state index contributed by atoms with van der Waals surface area (Å²) < 4.78 is 5.25. The van der Waals surface area contributed by atoms with Gasteiger partial charge in [-0.25, -0.2) is 0 Å². The molecule has 0 bridgehead atoms. The summed E-state index contributed by atoms with van der Waals surface area (Å²) in [6.45, 7) is 0.701. The fourth-order valence-electron chi connectivity index (χ4n) is 3.90. The van der Waals surface area contributed by atoms with Gasteiger partial charge in [-0.2, -0.15) is 0 Å². The second-order valence-corrected chi connectivity index (χ2v) is 7.05. The number of nitrogens with one attached hydrogen (secondary N) is 1. The van der Waals surface area contributed by atoms with E-state index in [-0.39, 0.29) is 11.8 Å². The molecule has 138 valence electrons. The lowest BCUT2D eigenvalue weighted by atomic mass is 9.84. The molecule has 1 heterocycles. The van der Waals surface area contributed by atoms with Gasteiger partial charge in [0.05, 0.1) is 13.0 Å². The number of nitrogens with zero attached hydrogens (tertiary/aromatic N) is 1. The number of hydrogen-bond acceptors (Lipinski definition) is 3. The normalized spacial score (nSPS) is 15.6. The number of pyridine rings is 1. The van der Waals surface area contributed by atoms with Gasteiger partial charge in [0.15, 0.2) is 0 Å². The van der Waals surface area contributed by atoms with E-state index in [1.807, 2.05) is 36.5 Å². The molecule has 1 aromatic heterocycles. The molecule has 1 aliphatic rings. The number of aryl methyl sites for hydroxylation is 1. The zero-order chi connectivity index (χ0) is 18.2. The lowest BCUT2D eigenvalue weighted by molar-refractivity contribution is -0.123. The van der Waals surface area contributed by atoms with E-state index in [0.717, 1.165) is 37.0 Å². The number of ether oxygens (including phenoxy) is 1. The minimum Gasteiger partial charge on any atom is -0.497 e. The van der Waals surface area contributed by atoms with Crippen molar-refractivity contribution in [1.29, 1.82) is 0 Å². The number of carbonyl (C=O) groups is 1. The van der Waals surface area contributed by atoms with Crippen molar-refractivity contribution in [2.24, 2.45) is 5.92 Å². The molecule has 1 saturated carbocycles. The number of rotatable bonds is 8. The van der Waals surface area contributed by atoms with Crippen LogP contribution in [0.1, 0.15) is 49.1 Å². The van der Waals surface area contributed by atoms with Gasteiger partial charge in [0, 0.05) is 18.9 Å². The van der Waals surface area contributed by atoms with Crippen molar-refractivity contribution in [3.05, 3.63) is 59.9 Å². The number of aromatic nitrogens is 1.